The monoisotopic (exact) mass is 424 g/mol. The Balaban J connectivity index is 1.56. The van der Waals surface area contributed by atoms with Crippen LogP contribution in [-0.4, -0.2) is 35.8 Å². The van der Waals surface area contributed by atoms with Crippen LogP contribution in [0.2, 0.25) is 0 Å². The average Bonchev–Trinajstić information content (AvgIpc) is 3.61. The molecular weight excluding hydrogens is 404 g/mol. The number of amides is 3. The Hall–Kier alpha value is -3.38. The number of urea groups is 1. The highest BCUT2D eigenvalue weighted by atomic mass is 32.2. The van der Waals surface area contributed by atoms with Crippen LogP contribution in [0.4, 0.5) is 4.79 Å². The van der Waals surface area contributed by atoms with Gasteiger partial charge in [0.15, 0.2) is 6.61 Å². The molecule has 0 bridgehead atoms. The van der Waals surface area contributed by atoms with Crippen molar-refractivity contribution in [3.8, 4) is 6.07 Å². The van der Waals surface area contributed by atoms with Crippen LogP contribution >= 0.6 is 11.8 Å². The third-order valence-electron chi connectivity index (χ3n) is 4.41. The molecule has 2 aromatic rings. The Kier molecular flexibility index (Phi) is 7.03. The molecular formula is C21H20N4O4S. The number of hydrogen-bond donors (Lipinski definition) is 2. The second-order valence-corrected chi connectivity index (χ2v) is 7.45. The van der Waals surface area contributed by atoms with Crippen molar-refractivity contribution in [1.82, 2.24) is 15.6 Å². The van der Waals surface area contributed by atoms with Crippen LogP contribution in [0.25, 0.3) is 0 Å². The molecule has 0 aliphatic heterocycles. The smallest absolute Gasteiger partial charge is 0.340 e. The molecule has 8 nitrogen and oxygen atoms in total. The molecule has 0 spiro atoms. The minimum Gasteiger partial charge on any atom is -0.452 e. The van der Waals surface area contributed by atoms with Crippen LogP contribution in [0, 0.1) is 11.3 Å². The van der Waals surface area contributed by atoms with Gasteiger partial charge >= 0.3 is 12.0 Å². The van der Waals surface area contributed by atoms with Crippen LogP contribution in [-0.2, 0) is 16.1 Å². The Bertz CT molecular complexity index is 1000. The van der Waals surface area contributed by atoms with Gasteiger partial charge in [0.05, 0.1) is 11.1 Å². The number of carbonyl (C=O) groups excluding carboxylic acids is 3. The van der Waals surface area contributed by atoms with Crippen molar-refractivity contribution in [3.63, 3.8) is 0 Å². The number of imide groups is 1. The number of nitrogens with zero attached hydrogens (tertiary/aromatic N) is 2. The number of hydrogen-bond acceptors (Lipinski definition) is 7. The summed E-state index contributed by atoms with van der Waals surface area (Å²) in [5, 5.41) is 14.5. The standard InChI is InChI=1S/C21H20N4O4S/c1-30-19-16(10-22)15(9-17(24-19)14-7-8-14)20(27)29-12-18(26)25-21(28)23-11-13-5-3-2-4-6-13/h2-6,9,14H,7-8,11-12H2,1H3,(H2,23,25,26,28). The fraction of sp³-hybridized carbons (Fsp3) is 0.286. The molecule has 9 heteroatoms. The molecule has 1 aliphatic carbocycles. The zero-order valence-electron chi connectivity index (χ0n) is 16.3. The molecule has 1 fully saturated rings. The summed E-state index contributed by atoms with van der Waals surface area (Å²) in [5.74, 6) is -1.29. The van der Waals surface area contributed by atoms with Crippen molar-refractivity contribution in [1.29, 1.82) is 5.26 Å². The Morgan fingerprint density at radius 1 is 1.27 bits per heavy atom. The number of benzene rings is 1. The lowest BCUT2D eigenvalue weighted by atomic mass is 10.1. The van der Waals surface area contributed by atoms with E-state index in [1.165, 1.54) is 11.8 Å². The van der Waals surface area contributed by atoms with E-state index in [2.05, 4.69) is 15.6 Å². The molecule has 1 aliphatic rings. The first-order chi connectivity index (χ1) is 14.5. The van der Waals surface area contributed by atoms with Crippen molar-refractivity contribution >= 4 is 29.7 Å². The molecule has 0 atom stereocenters. The fourth-order valence-corrected chi connectivity index (χ4v) is 3.30. The van der Waals surface area contributed by atoms with Crippen LogP contribution in [0.3, 0.4) is 0 Å². The highest BCUT2D eigenvalue weighted by Gasteiger charge is 2.29. The number of thioether (sulfide) groups is 1. The van der Waals surface area contributed by atoms with Gasteiger partial charge in [0.1, 0.15) is 11.1 Å². The first-order valence-corrected chi connectivity index (χ1v) is 10.5. The van der Waals surface area contributed by atoms with Crippen LogP contribution in [0.1, 0.15) is 45.9 Å². The lowest BCUT2D eigenvalue weighted by molar-refractivity contribution is -0.123. The van der Waals surface area contributed by atoms with E-state index in [9.17, 15) is 19.6 Å². The van der Waals surface area contributed by atoms with E-state index in [0.29, 0.717) is 5.03 Å². The van der Waals surface area contributed by atoms with Gasteiger partial charge in [-0.1, -0.05) is 30.3 Å². The van der Waals surface area contributed by atoms with Gasteiger partial charge in [-0.3, -0.25) is 10.1 Å². The summed E-state index contributed by atoms with van der Waals surface area (Å²) in [6, 6.07) is 12.1. The number of rotatable bonds is 7. The van der Waals surface area contributed by atoms with Crippen molar-refractivity contribution in [3.05, 3.63) is 58.8 Å². The van der Waals surface area contributed by atoms with Gasteiger partial charge in [0.25, 0.3) is 5.91 Å². The van der Waals surface area contributed by atoms with E-state index < -0.39 is 24.5 Å². The summed E-state index contributed by atoms with van der Waals surface area (Å²) in [7, 11) is 0. The normalized spacial score (nSPS) is 12.5. The predicted molar refractivity (Wildman–Crippen MR) is 110 cm³/mol. The van der Waals surface area contributed by atoms with Gasteiger partial charge in [-0.05, 0) is 30.7 Å². The first-order valence-electron chi connectivity index (χ1n) is 9.29. The lowest BCUT2D eigenvalue weighted by Crippen LogP contribution is -2.41. The van der Waals surface area contributed by atoms with Crippen molar-refractivity contribution < 1.29 is 19.1 Å². The second-order valence-electron chi connectivity index (χ2n) is 6.66. The zero-order valence-corrected chi connectivity index (χ0v) is 17.1. The lowest BCUT2D eigenvalue weighted by Gasteiger charge is -2.11. The van der Waals surface area contributed by atoms with E-state index in [1.807, 2.05) is 36.4 Å². The first kappa shape index (κ1) is 21.3. The Labute approximate surface area is 178 Å². The topological polar surface area (TPSA) is 121 Å². The van der Waals surface area contributed by atoms with Gasteiger partial charge in [-0.15, -0.1) is 11.8 Å². The minimum absolute atomic E-state index is 0.0834. The predicted octanol–water partition coefficient (Wildman–Crippen LogP) is 2.74. The summed E-state index contributed by atoms with van der Waals surface area (Å²) in [6.45, 7) is -0.387. The second kappa shape index (κ2) is 9.89. The Morgan fingerprint density at radius 3 is 2.63 bits per heavy atom. The molecule has 3 amide bonds. The molecule has 1 aromatic heterocycles. The summed E-state index contributed by atoms with van der Waals surface area (Å²) in [4.78, 5) is 40.7. The molecule has 3 rings (SSSR count). The van der Waals surface area contributed by atoms with E-state index in [1.54, 1.807) is 12.3 Å². The van der Waals surface area contributed by atoms with Crippen molar-refractivity contribution in [2.24, 2.45) is 0 Å². The largest absolute Gasteiger partial charge is 0.452 e. The quantitative estimate of drug-likeness (QED) is 0.518. The maximum Gasteiger partial charge on any atom is 0.340 e. The summed E-state index contributed by atoms with van der Waals surface area (Å²) in [5.41, 5.74) is 1.83. The third-order valence-corrected chi connectivity index (χ3v) is 5.09. The van der Waals surface area contributed by atoms with Gasteiger partial charge in [0.2, 0.25) is 0 Å². The molecule has 1 heterocycles. The maximum absolute atomic E-state index is 12.5. The molecule has 1 aromatic carbocycles. The van der Waals surface area contributed by atoms with Gasteiger partial charge in [-0.25, -0.2) is 14.6 Å². The van der Waals surface area contributed by atoms with Crippen LogP contribution < -0.4 is 10.6 Å². The average molecular weight is 424 g/mol. The fourth-order valence-electron chi connectivity index (χ4n) is 2.74. The Morgan fingerprint density at radius 2 is 2.00 bits per heavy atom. The number of ether oxygens (including phenoxy) is 1. The van der Waals surface area contributed by atoms with Gasteiger partial charge < -0.3 is 10.1 Å². The molecule has 1 saturated carbocycles. The van der Waals surface area contributed by atoms with Gasteiger partial charge in [0, 0.05) is 18.2 Å². The molecule has 2 N–H and O–H groups in total. The van der Waals surface area contributed by atoms with Gasteiger partial charge in [-0.2, -0.15) is 5.26 Å². The highest BCUT2D eigenvalue weighted by Crippen LogP contribution is 2.40. The minimum atomic E-state index is -0.800. The summed E-state index contributed by atoms with van der Waals surface area (Å²) in [6.07, 6.45) is 3.75. The van der Waals surface area contributed by atoms with Crippen molar-refractivity contribution in [2.45, 2.75) is 30.3 Å². The zero-order chi connectivity index (χ0) is 21.5. The van der Waals surface area contributed by atoms with E-state index in [0.717, 1.165) is 24.1 Å². The number of nitriles is 1. The summed E-state index contributed by atoms with van der Waals surface area (Å²) < 4.78 is 5.03. The van der Waals surface area contributed by atoms with E-state index in [4.69, 9.17) is 4.74 Å². The number of esters is 1. The number of aromatic nitrogens is 1. The molecule has 154 valence electrons. The molecule has 0 unspecified atom stereocenters. The number of nitrogens with one attached hydrogen (secondary N) is 2. The molecule has 0 saturated heterocycles. The van der Waals surface area contributed by atoms with Crippen LogP contribution in [0.15, 0.2) is 41.4 Å². The SMILES string of the molecule is CSc1nc(C2CC2)cc(C(=O)OCC(=O)NC(=O)NCc2ccccc2)c1C#N. The number of carbonyl (C=O) groups is 3. The van der Waals surface area contributed by atoms with E-state index in [-0.39, 0.29) is 23.6 Å². The van der Waals surface area contributed by atoms with E-state index >= 15 is 0 Å². The summed E-state index contributed by atoms with van der Waals surface area (Å²) >= 11 is 1.27. The van der Waals surface area contributed by atoms with Crippen molar-refractivity contribution in [2.75, 3.05) is 12.9 Å². The highest BCUT2D eigenvalue weighted by molar-refractivity contribution is 7.98. The maximum atomic E-state index is 12.5. The van der Waals surface area contributed by atoms with Crippen LogP contribution in [0.5, 0.6) is 0 Å². The molecule has 30 heavy (non-hydrogen) atoms. The third kappa shape index (κ3) is 5.58. The molecule has 0 radical (unpaired) electrons. The number of pyridine rings is 1.